The van der Waals surface area contributed by atoms with Gasteiger partial charge >= 0.3 is 0 Å². The average Bonchev–Trinajstić information content (AvgIpc) is 2.46. The first-order valence-corrected chi connectivity index (χ1v) is 7.54. The van der Waals surface area contributed by atoms with Crippen LogP contribution < -0.4 is 9.47 Å². The van der Waals surface area contributed by atoms with Crippen molar-refractivity contribution in [3.63, 3.8) is 0 Å². The van der Waals surface area contributed by atoms with Gasteiger partial charge in [0, 0.05) is 5.56 Å². The molecule has 0 spiro atoms. The number of aliphatic hydroxyl groups excluding tert-OH is 1. The van der Waals surface area contributed by atoms with Crippen LogP contribution in [-0.2, 0) is 6.61 Å². The van der Waals surface area contributed by atoms with Crippen molar-refractivity contribution >= 4 is 15.9 Å². The molecule has 0 amide bonds. The maximum Gasteiger partial charge on any atom is 0.133 e. The monoisotopic (exact) mass is 350 g/mol. The molecule has 112 valence electrons. The summed E-state index contributed by atoms with van der Waals surface area (Å²) >= 11 is 3.46. The Bertz CT molecular complexity index is 623. The van der Waals surface area contributed by atoms with Crippen LogP contribution in [0.1, 0.15) is 29.7 Å². The molecule has 0 aliphatic heterocycles. The number of halogens is 1. The number of hydrogen-bond donors (Lipinski definition) is 1. The van der Waals surface area contributed by atoms with Crippen LogP contribution in [-0.4, -0.2) is 12.2 Å². The lowest BCUT2D eigenvalue weighted by Crippen LogP contribution is -2.01. The Hall–Kier alpha value is -1.52. The van der Waals surface area contributed by atoms with E-state index in [1.165, 1.54) is 0 Å². The number of rotatable bonds is 5. The summed E-state index contributed by atoms with van der Waals surface area (Å²) in [6, 6.07) is 11.6. The molecular formula is C17H19BrO3. The van der Waals surface area contributed by atoms with Crippen molar-refractivity contribution in [2.75, 3.05) is 7.11 Å². The molecule has 2 aromatic rings. The maximum atomic E-state index is 9.83. The molecule has 2 aromatic carbocycles. The molecule has 1 atom stereocenters. The largest absolute Gasteiger partial charge is 0.496 e. The number of hydrogen-bond acceptors (Lipinski definition) is 3. The lowest BCUT2D eigenvalue weighted by Gasteiger charge is -2.15. The molecule has 0 aliphatic rings. The summed E-state index contributed by atoms with van der Waals surface area (Å²) in [5.41, 5.74) is 2.94. The van der Waals surface area contributed by atoms with Crippen LogP contribution in [0.25, 0.3) is 0 Å². The van der Waals surface area contributed by atoms with Crippen LogP contribution in [0.3, 0.4) is 0 Å². The van der Waals surface area contributed by atoms with E-state index in [2.05, 4.69) is 15.9 Å². The molecule has 0 heterocycles. The average molecular weight is 351 g/mol. The van der Waals surface area contributed by atoms with Crippen LogP contribution in [0.2, 0.25) is 0 Å². The number of aliphatic hydroxyl groups is 1. The molecule has 1 unspecified atom stereocenters. The van der Waals surface area contributed by atoms with Gasteiger partial charge in [-0.15, -0.1) is 0 Å². The van der Waals surface area contributed by atoms with Gasteiger partial charge in [-0.1, -0.05) is 17.7 Å². The van der Waals surface area contributed by atoms with Gasteiger partial charge in [0.15, 0.2) is 0 Å². The lowest BCUT2D eigenvalue weighted by molar-refractivity contribution is 0.190. The van der Waals surface area contributed by atoms with Gasteiger partial charge < -0.3 is 14.6 Å². The summed E-state index contributed by atoms with van der Waals surface area (Å²) in [7, 11) is 1.64. The maximum absolute atomic E-state index is 9.83. The highest BCUT2D eigenvalue weighted by atomic mass is 79.9. The van der Waals surface area contributed by atoms with Gasteiger partial charge in [0.2, 0.25) is 0 Å². The third kappa shape index (κ3) is 3.99. The van der Waals surface area contributed by atoms with E-state index >= 15 is 0 Å². The first-order chi connectivity index (χ1) is 10.0. The number of ether oxygens (including phenoxy) is 2. The SMILES string of the molecule is COc1ccc(COc2ccc(C)cc2C(C)O)cc1Br. The molecule has 3 nitrogen and oxygen atoms in total. The van der Waals surface area contributed by atoms with Crippen molar-refractivity contribution in [1.29, 1.82) is 0 Å². The van der Waals surface area contributed by atoms with E-state index in [0.717, 1.165) is 26.9 Å². The second kappa shape index (κ2) is 6.96. The van der Waals surface area contributed by atoms with Crippen molar-refractivity contribution in [2.45, 2.75) is 26.6 Å². The van der Waals surface area contributed by atoms with E-state index < -0.39 is 6.10 Å². The highest BCUT2D eigenvalue weighted by Gasteiger charge is 2.10. The summed E-state index contributed by atoms with van der Waals surface area (Å²) < 4.78 is 11.9. The predicted octanol–water partition coefficient (Wildman–Crippen LogP) is 4.40. The van der Waals surface area contributed by atoms with Crippen LogP contribution in [0.5, 0.6) is 11.5 Å². The minimum atomic E-state index is -0.553. The standard InChI is InChI=1S/C17H19BrO3/c1-11-4-6-16(14(8-11)12(2)19)21-10-13-5-7-17(20-3)15(18)9-13/h4-9,12,19H,10H2,1-3H3. The smallest absolute Gasteiger partial charge is 0.133 e. The Morgan fingerprint density at radius 2 is 1.86 bits per heavy atom. The zero-order chi connectivity index (χ0) is 15.4. The first kappa shape index (κ1) is 15.9. The highest BCUT2D eigenvalue weighted by Crippen LogP contribution is 2.29. The molecule has 0 bridgehead atoms. The topological polar surface area (TPSA) is 38.7 Å². The minimum absolute atomic E-state index is 0.436. The zero-order valence-electron chi connectivity index (χ0n) is 12.4. The summed E-state index contributed by atoms with van der Waals surface area (Å²) in [5, 5.41) is 9.83. The Kier molecular flexibility index (Phi) is 5.26. The summed E-state index contributed by atoms with van der Waals surface area (Å²) in [6.07, 6.45) is -0.553. The molecule has 0 saturated carbocycles. The number of benzene rings is 2. The first-order valence-electron chi connectivity index (χ1n) is 6.75. The predicted molar refractivity (Wildman–Crippen MR) is 86.8 cm³/mol. The Balaban J connectivity index is 2.15. The van der Waals surface area contributed by atoms with Crippen molar-refractivity contribution in [3.8, 4) is 11.5 Å². The van der Waals surface area contributed by atoms with E-state index in [1.54, 1.807) is 14.0 Å². The fraction of sp³-hybridized carbons (Fsp3) is 0.294. The van der Waals surface area contributed by atoms with E-state index in [1.807, 2.05) is 43.3 Å². The number of methoxy groups -OCH3 is 1. The van der Waals surface area contributed by atoms with Gasteiger partial charge in [-0.3, -0.25) is 0 Å². The highest BCUT2D eigenvalue weighted by molar-refractivity contribution is 9.10. The molecule has 2 rings (SSSR count). The van der Waals surface area contributed by atoms with Gasteiger partial charge in [-0.05, 0) is 59.6 Å². The fourth-order valence-corrected chi connectivity index (χ4v) is 2.67. The van der Waals surface area contributed by atoms with Crippen molar-refractivity contribution in [1.82, 2.24) is 0 Å². The van der Waals surface area contributed by atoms with Crippen molar-refractivity contribution in [3.05, 3.63) is 57.6 Å². The second-order valence-electron chi connectivity index (χ2n) is 4.97. The van der Waals surface area contributed by atoms with Crippen LogP contribution in [0.4, 0.5) is 0 Å². The second-order valence-corrected chi connectivity index (χ2v) is 5.83. The normalized spacial score (nSPS) is 12.0. The number of aryl methyl sites for hydroxylation is 1. The van der Waals surface area contributed by atoms with Crippen LogP contribution in [0, 0.1) is 6.92 Å². The van der Waals surface area contributed by atoms with E-state index in [4.69, 9.17) is 9.47 Å². The fourth-order valence-electron chi connectivity index (χ4n) is 2.09. The molecule has 4 heteroatoms. The van der Waals surface area contributed by atoms with Crippen molar-refractivity contribution in [2.24, 2.45) is 0 Å². The zero-order valence-corrected chi connectivity index (χ0v) is 14.0. The van der Waals surface area contributed by atoms with Gasteiger partial charge in [0.05, 0.1) is 17.7 Å². The van der Waals surface area contributed by atoms with Gasteiger partial charge in [0.25, 0.3) is 0 Å². The Morgan fingerprint density at radius 3 is 2.48 bits per heavy atom. The quantitative estimate of drug-likeness (QED) is 0.868. The van der Waals surface area contributed by atoms with Gasteiger partial charge in [-0.2, -0.15) is 0 Å². The van der Waals surface area contributed by atoms with E-state index in [9.17, 15) is 5.11 Å². The molecule has 0 saturated heterocycles. The molecule has 21 heavy (non-hydrogen) atoms. The third-order valence-corrected chi connectivity index (χ3v) is 3.85. The molecule has 0 aromatic heterocycles. The molecule has 0 radical (unpaired) electrons. The van der Waals surface area contributed by atoms with Crippen LogP contribution >= 0.6 is 15.9 Å². The van der Waals surface area contributed by atoms with Crippen LogP contribution in [0.15, 0.2) is 40.9 Å². The third-order valence-electron chi connectivity index (χ3n) is 3.23. The molecule has 1 N–H and O–H groups in total. The lowest BCUT2D eigenvalue weighted by atomic mass is 10.1. The van der Waals surface area contributed by atoms with Gasteiger partial charge in [-0.25, -0.2) is 0 Å². The molecule has 0 aliphatic carbocycles. The van der Waals surface area contributed by atoms with Crippen molar-refractivity contribution < 1.29 is 14.6 Å². The Morgan fingerprint density at radius 1 is 1.14 bits per heavy atom. The minimum Gasteiger partial charge on any atom is -0.496 e. The summed E-state index contributed by atoms with van der Waals surface area (Å²) in [5.74, 6) is 1.50. The summed E-state index contributed by atoms with van der Waals surface area (Å²) in [6.45, 7) is 4.17. The van der Waals surface area contributed by atoms with Gasteiger partial charge in [0.1, 0.15) is 18.1 Å². The van der Waals surface area contributed by atoms with E-state index in [0.29, 0.717) is 12.4 Å². The molecule has 0 fully saturated rings. The summed E-state index contributed by atoms with van der Waals surface area (Å²) in [4.78, 5) is 0. The Labute approximate surface area is 133 Å². The van der Waals surface area contributed by atoms with E-state index in [-0.39, 0.29) is 0 Å². The molecular weight excluding hydrogens is 332 g/mol.